The van der Waals surface area contributed by atoms with Crippen LogP contribution in [0.15, 0.2) is 53.4 Å². The van der Waals surface area contributed by atoms with Crippen LogP contribution in [-0.4, -0.2) is 26.9 Å². The Bertz CT molecular complexity index is 896. The maximum absolute atomic E-state index is 11.9. The van der Waals surface area contributed by atoms with E-state index < -0.39 is 28.5 Å². The van der Waals surface area contributed by atoms with Crippen LogP contribution in [0.5, 0.6) is 0 Å². The zero-order valence-corrected chi connectivity index (χ0v) is 15.4. The monoisotopic (exact) mass is 396 g/mol. The van der Waals surface area contributed by atoms with Crippen molar-refractivity contribution in [3.05, 3.63) is 64.7 Å². The van der Waals surface area contributed by atoms with Gasteiger partial charge in [0.1, 0.15) is 0 Å². The van der Waals surface area contributed by atoms with E-state index in [1.54, 1.807) is 31.2 Å². The molecule has 0 spiro atoms. The lowest BCUT2D eigenvalue weighted by Crippen LogP contribution is -2.31. The predicted molar refractivity (Wildman–Crippen MR) is 96.1 cm³/mol. The second-order valence-electron chi connectivity index (χ2n) is 5.49. The molecule has 0 saturated carbocycles. The molecule has 26 heavy (non-hydrogen) atoms. The summed E-state index contributed by atoms with van der Waals surface area (Å²) in [6.07, 6.45) is 0. The van der Waals surface area contributed by atoms with Crippen molar-refractivity contribution in [2.75, 3.05) is 6.61 Å². The number of carbonyl (C=O) groups excluding carboxylic acids is 2. The number of halogens is 1. The van der Waals surface area contributed by atoms with Gasteiger partial charge < -0.3 is 10.1 Å². The number of rotatable bonds is 6. The number of nitrogens with one attached hydrogen (secondary N) is 1. The van der Waals surface area contributed by atoms with Crippen LogP contribution in [0.25, 0.3) is 0 Å². The van der Waals surface area contributed by atoms with Gasteiger partial charge in [0.25, 0.3) is 5.91 Å². The summed E-state index contributed by atoms with van der Waals surface area (Å²) >= 11 is 5.81. The number of primary sulfonamides is 1. The van der Waals surface area contributed by atoms with Gasteiger partial charge >= 0.3 is 5.97 Å². The number of sulfonamides is 1. The summed E-state index contributed by atoms with van der Waals surface area (Å²) in [4.78, 5) is 23.7. The zero-order valence-electron chi connectivity index (χ0n) is 13.8. The molecule has 1 amide bonds. The number of esters is 1. The van der Waals surface area contributed by atoms with Crippen LogP contribution in [-0.2, 0) is 19.6 Å². The Labute approximate surface area is 156 Å². The third kappa shape index (κ3) is 5.55. The fourth-order valence-corrected chi connectivity index (χ4v) is 2.75. The topological polar surface area (TPSA) is 116 Å². The highest BCUT2D eigenvalue weighted by Crippen LogP contribution is 2.16. The van der Waals surface area contributed by atoms with Gasteiger partial charge in [0.2, 0.25) is 10.0 Å². The van der Waals surface area contributed by atoms with E-state index in [1.807, 2.05) is 0 Å². The summed E-state index contributed by atoms with van der Waals surface area (Å²) in [6.45, 7) is 1.32. The lowest BCUT2D eigenvalue weighted by Gasteiger charge is -2.14. The standard InChI is InChI=1S/C17H17ClN2O5S/c1-11(12-2-6-14(18)7-3-12)20-16(21)10-25-17(22)13-4-8-15(9-5-13)26(19,23)24/h2-9,11H,10H2,1H3,(H,20,21)(H2,19,23,24). The van der Waals surface area contributed by atoms with Gasteiger partial charge in [0.05, 0.1) is 16.5 Å². The SMILES string of the molecule is CC(NC(=O)COC(=O)c1ccc(S(N)(=O)=O)cc1)c1ccc(Cl)cc1. The first-order chi connectivity index (χ1) is 12.2. The quantitative estimate of drug-likeness (QED) is 0.724. The van der Waals surface area contributed by atoms with E-state index in [0.29, 0.717) is 5.02 Å². The molecule has 0 radical (unpaired) electrons. The lowest BCUT2D eigenvalue weighted by atomic mass is 10.1. The molecule has 0 aromatic heterocycles. The molecule has 0 fully saturated rings. The summed E-state index contributed by atoms with van der Waals surface area (Å²) in [7, 11) is -3.84. The van der Waals surface area contributed by atoms with Crippen molar-refractivity contribution < 1.29 is 22.7 Å². The van der Waals surface area contributed by atoms with E-state index in [4.69, 9.17) is 21.5 Å². The van der Waals surface area contributed by atoms with E-state index in [-0.39, 0.29) is 16.5 Å². The highest BCUT2D eigenvalue weighted by molar-refractivity contribution is 7.89. The summed E-state index contributed by atoms with van der Waals surface area (Å²) in [5, 5.41) is 8.27. The summed E-state index contributed by atoms with van der Waals surface area (Å²) in [6, 6.07) is 11.6. The zero-order chi connectivity index (χ0) is 19.3. The van der Waals surface area contributed by atoms with Crippen molar-refractivity contribution in [2.45, 2.75) is 17.9 Å². The molecule has 0 aliphatic heterocycles. The minimum atomic E-state index is -3.84. The molecular formula is C17H17ClN2O5S. The predicted octanol–water partition coefficient (Wildman–Crippen LogP) is 2.02. The highest BCUT2D eigenvalue weighted by Gasteiger charge is 2.14. The molecule has 0 bridgehead atoms. The third-order valence-electron chi connectivity index (χ3n) is 3.50. The van der Waals surface area contributed by atoms with Crippen LogP contribution in [0.2, 0.25) is 5.02 Å². The first-order valence-electron chi connectivity index (χ1n) is 7.51. The van der Waals surface area contributed by atoms with Crippen molar-refractivity contribution >= 4 is 33.5 Å². The molecule has 1 atom stereocenters. The molecule has 0 saturated heterocycles. The molecule has 2 rings (SSSR count). The van der Waals surface area contributed by atoms with Gasteiger partial charge in [-0.2, -0.15) is 0 Å². The van der Waals surface area contributed by atoms with Gasteiger partial charge in [0.15, 0.2) is 6.61 Å². The molecule has 9 heteroatoms. The summed E-state index contributed by atoms with van der Waals surface area (Å²) in [5.41, 5.74) is 0.962. The summed E-state index contributed by atoms with van der Waals surface area (Å²) in [5.74, 6) is -1.22. The fraction of sp³-hybridized carbons (Fsp3) is 0.176. The maximum Gasteiger partial charge on any atom is 0.338 e. The molecule has 7 nitrogen and oxygen atoms in total. The number of hydrogen-bond donors (Lipinski definition) is 2. The number of carbonyl (C=O) groups is 2. The number of amides is 1. The summed E-state index contributed by atoms with van der Waals surface area (Å²) < 4.78 is 27.3. The number of hydrogen-bond acceptors (Lipinski definition) is 5. The van der Waals surface area contributed by atoms with E-state index in [2.05, 4.69) is 5.32 Å². The molecule has 3 N–H and O–H groups in total. The Morgan fingerprint density at radius 2 is 1.69 bits per heavy atom. The fourth-order valence-electron chi connectivity index (χ4n) is 2.11. The van der Waals surface area contributed by atoms with Gasteiger partial charge in [-0.25, -0.2) is 18.4 Å². The molecular weight excluding hydrogens is 380 g/mol. The molecule has 1 unspecified atom stereocenters. The average Bonchev–Trinajstić information content (AvgIpc) is 2.59. The minimum Gasteiger partial charge on any atom is -0.452 e. The van der Waals surface area contributed by atoms with Crippen molar-refractivity contribution in [3.8, 4) is 0 Å². The number of nitrogens with two attached hydrogens (primary N) is 1. The number of benzene rings is 2. The minimum absolute atomic E-state index is 0.107. The van der Waals surface area contributed by atoms with Crippen molar-refractivity contribution in [2.24, 2.45) is 5.14 Å². The molecule has 0 aliphatic carbocycles. The number of ether oxygens (including phenoxy) is 1. The lowest BCUT2D eigenvalue weighted by molar-refractivity contribution is -0.124. The van der Waals surface area contributed by atoms with E-state index in [9.17, 15) is 18.0 Å². The van der Waals surface area contributed by atoms with Crippen LogP contribution in [0.3, 0.4) is 0 Å². The smallest absolute Gasteiger partial charge is 0.338 e. The maximum atomic E-state index is 11.9. The van der Waals surface area contributed by atoms with Gasteiger partial charge in [-0.05, 0) is 48.9 Å². The molecule has 138 valence electrons. The molecule has 0 aliphatic rings. The van der Waals surface area contributed by atoms with E-state index >= 15 is 0 Å². The van der Waals surface area contributed by atoms with Crippen LogP contribution >= 0.6 is 11.6 Å². The Kier molecular flexibility index (Phi) is 6.36. The first-order valence-corrected chi connectivity index (χ1v) is 9.44. The van der Waals surface area contributed by atoms with Gasteiger partial charge in [0, 0.05) is 5.02 Å². The second kappa shape index (κ2) is 8.31. The third-order valence-corrected chi connectivity index (χ3v) is 4.68. The molecule has 0 heterocycles. The van der Waals surface area contributed by atoms with Crippen molar-refractivity contribution in [1.29, 1.82) is 0 Å². The van der Waals surface area contributed by atoms with Crippen LogP contribution in [0, 0.1) is 0 Å². The molecule has 2 aromatic carbocycles. The second-order valence-corrected chi connectivity index (χ2v) is 7.48. The van der Waals surface area contributed by atoms with Crippen LogP contribution in [0.1, 0.15) is 28.9 Å². The van der Waals surface area contributed by atoms with Crippen LogP contribution in [0.4, 0.5) is 0 Å². The normalized spacial score (nSPS) is 12.3. The first kappa shape index (κ1) is 19.9. The van der Waals surface area contributed by atoms with Gasteiger partial charge in [-0.1, -0.05) is 23.7 Å². The van der Waals surface area contributed by atoms with Crippen LogP contribution < -0.4 is 10.5 Å². The van der Waals surface area contributed by atoms with Gasteiger partial charge in [-0.15, -0.1) is 0 Å². The Morgan fingerprint density at radius 1 is 1.12 bits per heavy atom. The van der Waals surface area contributed by atoms with Crippen molar-refractivity contribution in [1.82, 2.24) is 5.32 Å². The Hall–Kier alpha value is -2.42. The van der Waals surface area contributed by atoms with Gasteiger partial charge in [-0.3, -0.25) is 4.79 Å². The molecule has 2 aromatic rings. The highest BCUT2D eigenvalue weighted by atomic mass is 35.5. The van der Waals surface area contributed by atoms with E-state index in [0.717, 1.165) is 5.56 Å². The van der Waals surface area contributed by atoms with Crippen molar-refractivity contribution in [3.63, 3.8) is 0 Å². The Morgan fingerprint density at radius 3 is 2.23 bits per heavy atom. The Balaban J connectivity index is 1.88. The van der Waals surface area contributed by atoms with E-state index in [1.165, 1.54) is 24.3 Å². The largest absolute Gasteiger partial charge is 0.452 e. The average molecular weight is 397 g/mol.